The van der Waals surface area contributed by atoms with Crippen LogP contribution in [-0.4, -0.2) is 26.8 Å². The molecule has 1 N–H and O–H groups in total. The molecule has 0 saturated carbocycles. The van der Waals surface area contributed by atoms with Crippen LogP contribution in [0.1, 0.15) is 19.7 Å². The molecule has 5 nitrogen and oxygen atoms in total. The van der Waals surface area contributed by atoms with Crippen LogP contribution in [0.2, 0.25) is 10.0 Å². The minimum absolute atomic E-state index is 0.557. The molecule has 1 aromatic carbocycles. The SMILES string of the molecule is CC(C)CNCc1nnnn1-c1cc(Cl)ccc1Cl. The predicted molar refractivity (Wildman–Crippen MR) is 75.7 cm³/mol. The molecule has 0 fully saturated rings. The summed E-state index contributed by atoms with van der Waals surface area (Å²) >= 11 is 12.1. The summed E-state index contributed by atoms with van der Waals surface area (Å²) in [6, 6.07) is 5.20. The third kappa shape index (κ3) is 3.65. The fourth-order valence-corrected chi connectivity index (χ4v) is 1.99. The Hall–Kier alpha value is -1.17. The maximum absolute atomic E-state index is 6.15. The molecule has 0 saturated heterocycles. The maximum Gasteiger partial charge on any atom is 0.170 e. The van der Waals surface area contributed by atoms with Gasteiger partial charge in [-0.3, -0.25) is 0 Å². The Bertz CT molecular complexity index is 553. The van der Waals surface area contributed by atoms with Gasteiger partial charge in [0, 0.05) is 5.02 Å². The van der Waals surface area contributed by atoms with Crippen LogP contribution in [0.5, 0.6) is 0 Å². The highest BCUT2D eigenvalue weighted by Gasteiger charge is 2.11. The molecule has 0 unspecified atom stereocenters. The zero-order valence-corrected chi connectivity index (χ0v) is 12.3. The number of benzene rings is 1. The van der Waals surface area contributed by atoms with Gasteiger partial charge in [0.05, 0.1) is 17.3 Å². The smallest absolute Gasteiger partial charge is 0.170 e. The summed E-state index contributed by atoms with van der Waals surface area (Å²) < 4.78 is 1.60. The summed E-state index contributed by atoms with van der Waals surface area (Å²) in [4.78, 5) is 0. The van der Waals surface area contributed by atoms with Crippen LogP contribution in [0.15, 0.2) is 18.2 Å². The van der Waals surface area contributed by atoms with Crippen molar-refractivity contribution in [2.45, 2.75) is 20.4 Å². The van der Waals surface area contributed by atoms with Gasteiger partial charge in [0.2, 0.25) is 0 Å². The molecule has 0 spiro atoms. The standard InChI is InChI=1S/C12H15Cl2N5/c1-8(2)6-15-7-12-16-17-18-19(12)11-5-9(13)3-4-10(11)14/h3-5,8,15H,6-7H2,1-2H3. The Kier molecular flexibility index (Phi) is 4.74. The van der Waals surface area contributed by atoms with Crippen LogP contribution in [0.4, 0.5) is 0 Å². The first kappa shape index (κ1) is 14.2. The fourth-order valence-electron chi connectivity index (χ4n) is 1.62. The fraction of sp³-hybridized carbons (Fsp3) is 0.417. The van der Waals surface area contributed by atoms with Crippen molar-refractivity contribution >= 4 is 23.2 Å². The third-order valence-electron chi connectivity index (χ3n) is 2.51. The van der Waals surface area contributed by atoms with Crippen molar-refractivity contribution in [1.82, 2.24) is 25.5 Å². The average molecular weight is 300 g/mol. The van der Waals surface area contributed by atoms with Crippen molar-refractivity contribution in [2.24, 2.45) is 5.92 Å². The van der Waals surface area contributed by atoms with E-state index in [9.17, 15) is 0 Å². The number of hydrogen-bond donors (Lipinski definition) is 1. The maximum atomic E-state index is 6.15. The monoisotopic (exact) mass is 299 g/mol. The highest BCUT2D eigenvalue weighted by Crippen LogP contribution is 2.24. The number of rotatable bonds is 5. The lowest BCUT2D eigenvalue weighted by atomic mass is 10.2. The summed E-state index contributed by atoms with van der Waals surface area (Å²) in [6.07, 6.45) is 0. The van der Waals surface area contributed by atoms with Gasteiger partial charge in [0.1, 0.15) is 0 Å². The minimum Gasteiger partial charge on any atom is -0.310 e. The van der Waals surface area contributed by atoms with E-state index in [4.69, 9.17) is 23.2 Å². The average Bonchev–Trinajstić information content (AvgIpc) is 2.80. The van der Waals surface area contributed by atoms with Crippen molar-refractivity contribution in [2.75, 3.05) is 6.54 Å². The molecular formula is C12H15Cl2N5. The number of tetrazole rings is 1. The molecule has 7 heteroatoms. The lowest BCUT2D eigenvalue weighted by Crippen LogP contribution is -2.21. The van der Waals surface area contributed by atoms with Crippen LogP contribution in [0.3, 0.4) is 0 Å². The minimum atomic E-state index is 0.557. The van der Waals surface area contributed by atoms with E-state index >= 15 is 0 Å². The normalized spacial score (nSPS) is 11.2. The molecule has 0 aliphatic carbocycles. The number of nitrogens with zero attached hydrogens (tertiary/aromatic N) is 4. The van der Waals surface area contributed by atoms with Crippen molar-refractivity contribution in [3.63, 3.8) is 0 Å². The lowest BCUT2D eigenvalue weighted by molar-refractivity contribution is 0.538. The van der Waals surface area contributed by atoms with E-state index in [1.807, 2.05) is 0 Å². The van der Waals surface area contributed by atoms with E-state index in [0.29, 0.717) is 34.0 Å². The summed E-state index contributed by atoms with van der Waals surface area (Å²) in [5, 5.41) is 16.1. The second kappa shape index (κ2) is 6.32. The first-order valence-corrected chi connectivity index (χ1v) is 6.77. The zero-order valence-electron chi connectivity index (χ0n) is 10.8. The molecule has 0 atom stereocenters. The summed E-state index contributed by atoms with van der Waals surface area (Å²) in [7, 11) is 0. The molecule has 0 radical (unpaired) electrons. The van der Waals surface area contributed by atoms with Gasteiger partial charge in [-0.15, -0.1) is 5.10 Å². The van der Waals surface area contributed by atoms with Crippen LogP contribution >= 0.6 is 23.2 Å². The van der Waals surface area contributed by atoms with Crippen molar-refractivity contribution in [3.05, 3.63) is 34.1 Å². The molecule has 2 rings (SSSR count). The van der Waals surface area contributed by atoms with Crippen molar-refractivity contribution < 1.29 is 0 Å². The van der Waals surface area contributed by atoms with Gasteiger partial charge >= 0.3 is 0 Å². The molecule has 1 aromatic heterocycles. The van der Waals surface area contributed by atoms with Gasteiger partial charge < -0.3 is 5.32 Å². The molecule has 0 amide bonds. The number of hydrogen-bond acceptors (Lipinski definition) is 4. The van der Waals surface area contributed by atoms with Gasteiger partial charge in [-0.05, 0) is 41.1 Å². The lowest BCUT2D eigenvalue weighted by Gasteiger charge is -2.09. The molecule has 0 bridgehead atoms. The van der Waals surface area contributed by atoms with Crippen LogP contribution in [0.25, 0.3) is 5.69 Å². The molecule has 102 valence electrons. The second-order valence-corrected chi connectivity index (χ2v) is 5.47. The third-order valence-corrected chi connectivity index (χ3v) is 3.06. The number of nitrogens with one attached hydrogen (secondary N) is 1. The first-order valence-electron chi connectivity index (χ1n) is 6.01. The molecule has 0 aliphatic heterocycles. The van der Waals surface area contributed by atoms with Gasteiger partial charge in [0.25, 0.3) is 0 Å². The van der Waals surface area contributed by atoms with Gasteiger partial charge in [-0.1, -0.05) is 37.0 Å². The van der Waals surface area contributed by atoms with E-state index < -0.39 is 0 Å². The molecule has 2 aromatic rings. The van der Waals surface area contributed by atoms with E-state index in [2.05, 4.69) is 34.7 Å². The summed E-state index contributed by atoms with van der Waals surface area (Å²) in [6.45, 7) is 5.76. The Labute approximate surface area is 121 Å². The van der Waals surface area contributed by atoms with E-state index in [1.165, 1.54) is 0 Å². The second-order valence-electron chi connectivity index (χ2n) is 4.63. The largest absolute Gasteiger partial charge is 0.310 e. The van der Waals surface area contributed by atoms with E-state index in [1.54, 1.807) is 22.9 Å². The Morgan fingerprint density at radius 3 is 2.84 bits per heavy atom. The van der Waals surface area contributed by atoms with Crippen LogP contribution in [-0.2, 0) is 6.54 Å². The Morgan fingerprint density at radius 2 is 2.11 bits per heavy atom. The highest BCUT2D eigenvalue weighted by molar-refractivity contribution is 6.34. The molecular weight excluding hydrogens is 285 g/mol. The summed E-state index contributed by atoms with van der Waals surface area (Å²) in [5.74, 6) is 1.27. The van der Waals surface area contributed by atoms with Gasteiger partial charge in [-0.25, -0.2) is 0 Å². The summed E-state index contributed by atoms with van der Waals surface area (Å²) in [5.41, 5.74) is 0.681. The van der Waals surface area contributed by atoms with Crippen molar-refractivity contribution in [1.29, 1.82) is 0 Å². The number of halogens is 2. The highest BCUT2D eigenvalue weighted by atomic mass is 35.5. The Balaban J connectivity index is 2.21. The molecule has 1 heterocycles. The molecule has 0 aliphatic rings. The van der Waals surface area contributed by atoms with Crippen LogP contribution < -0.4 is 5.32 Å². The van der Waals surface area contributed by atoms with Crippen molar-refractivity contribution in [3.8, 4) is 5.69 Å². The van der Waals surface area contributed by atoms with E-state index in [-0.39, 0.29) is 0 Å². The number of aromatic nitrogens is 4. The predicted octanol–water partition coefficient (Wildman–Crippen LogP) is 2.71. The zero-order chi connectivity index (χ0) is 13.8. The molecule has 19 heavy (non-hydrogen) atoms. The Morgan fingerprint density at radius 1 is 1.32 bits per heavy atom. The van der Waals surface area contributed by atoms with Gasteiger partial charge in [-0.2, -0.15) is 4.68 Å². The van der Waals surface area contributed by atoms with Gasteiger partial charge in [0.15, 0.2) is 5.82 Å². The quantitative estimate of drug-likeness (QED) is 0.922. The topological polar surface area (TPSA) is 55.6 Å². The first-order chi connectivity index (χ1) is 9.08. The van der Waals surface area contributed by atoms with Crippen LogP contribution in [0, 0.1) is 5.92 Å². The van der Waals surface area contributed by atoms with E-state index in [0.717, 1.165) is 6.54 Å².